The van der Waals surface area contributed by atoms with Gasteiger partial charge in [0.2, 0.25) is 0 Å². The molecule has 0 aromatic heterocycles. The maximum atomic E-state index is 5.63. The quantitative estimate of drug-likeness (QED) is 0.0663. The number of hydrogen-bond donors (Lipinski definition) is 0. The monoisotopic (exact) mass is 826 g/mol. The summed E-state index contributed by atoms with van der Waals surface area (Å²) in [6.45, 7) is 35.8. The van der Waals surface area contributed by atoms with Crippen LogP contribution in [0.5, 0.6) is 0 Å². The van der Waals surface area contributed by atoms with E-state index in [2.05, 4.69) is 205 Å². The molecule has 6 heteroatoms. The van der Waals surface area contributed by atoms with Crippen molar-refractivity contribution in [3.63, 3.8) is 0 Å². The smallest absolute Gasteiger partial charge is 0.342 e. The van der Waals surface area contributed by atoms with E-state index in [9.17, 15) is 0 Å². The van der Waals surface area contributed by atoms with Gasteiger partial charge in [-0.3, -0.25) is 9.98 Å². The molecule has 5 aromatic rings. The van der Waals surface area contributed by atoms with Gasteiger partial charge < -0.3 is 3.99 Å². The van der Waals surface area contributed by atoms with Crippen LogP contribution >= 0.6 is 0 Å². The van der Waals surface area contributed by atoms with Gasteiger partial charge in [0.05, 0.1) is 11.4 Å². The number of aryl methyl sites for hydroxylation is 6. The lowest BCUT2D eigenvalue weighted by Gasteiger charge is -2.33. The Morgan fingerprint density at radius 3 is 1.15 bits per heavy atom. The third-order valence-electron chi connectivity index (χ3n) is 12.4. The van der Waals surface area contributed by atoms with Gasteiger partial charge in [-0.25, -0.2) is 0 Å². The first kappa shape index (κ1) is 45.6. The average molecular weight is 826 g/mol. The van der Waals surface area contributed by atoms with Gasteiger partial charge in [-0.1, -0.05) is 151 Å². The molecule has 1 aliphatic heterocycles. The van der Waals surface area contributed by atoms with E-state index >= 15 is 0 Å². The molecule has 0 saturated carbocycles. The molecule has 0 bridgehead atoms. The zero-order chi connectivity index (χ0) is 44.4. The third-order valence-corrected chi connectivity index (χ3v) is 15.5. The van der Waals surface area contributed by atoms with Gasteiger partial charge in [0.25, 0.3) is 0 Å². The average Bonchev–Trinajstić information content (AvgIpc) is 3.16. The highest BCUT2D eigenvalue weighted by molar-refractivity contribution is 6.74. The Bertz CT molecular complexity index is 2300. The summed E-state index contributed by atoms with van der Waals surface area (Å²) in [6, 6.07) is 29.1. The number of hydrogen-bond acceptors (Lipinski definition) is 4. The second-order valence-electron chi connectivity index (χ2n) is 18.8. The predicted octanol–water partition coefficient (Wildman–Crippen LogP) is 16.7. The number of nitrogens with zero attached hydrogens (tertiary/aromatic N) is 5. The van der Waals surface area contributed by atoms with Crippen molar-refractivity contribution in [1.29, 1.82) is 0 Å². The zero-order valence-corrected chi connectivity index (χ0v) is 41.0. The summed E-state index contributed by atoms with van der Waals surface area (Å²) in [6.07, 6.45) is 2.12. The minimum Gasteiger partial charge on any atom is -0.342 e. The van der Waals surface area contributed by atoms with E-state index in [-0.39, 0.29) is 4.78 Å². The van der Waals surface area contributed by atoms with E-state index in [0.29, 0.717) is 23.7 Å². The van der Waals surface area contributed by atoms with Gasteiger partial charge in [-0.2, -0.15) is 0 Å². The molecule has 0 fully saturated rings. The van der Waals surface area contributed by atoms with Crippen LogP contribution in [0.4, 0.5) is 17.1 Å². The van der Waals surface area contributed by atoms with Gasteiger partial charge in [-0.15, -0.1) is 10.1 Å². The molecule has 316 valence electrons. The first-order chi connectivity index (χ1) is 28.9. The minimum atomic E-state index is -2.03. The fraction of sp³-hybridized carbons (Fsp3) is 0.382. The van der Waals surface area contributed by atoms with Crippen LogP contribution in [0, 0.1) is 41.5 Å². The van der Waals surface area contributed by atoms with E-state index in [1.807, 2.05) is 0 Å². The molecule has 0 amide bonds. The van der Waals surface area contributed by atoms with Crippen LogP contribution < -0.4 is 0 Å². The standard InChI is InChI=1S/C29H41N2.C26H27N3.Al/c1-18(2)24-13-11-14-25(19(3)4)28(24)30-22(9)17-23(10)31-29-26(20(5)6)15-12-16-27(29)21(7)8;1-8-27-29-28-26-22(24-18(4)12-16(2)13-19(24)5)10-9-11-23(26)25-20(6)14-17(3)15-21(25)7;/h11-21H,1-10H3;1,8-15H,2-7H3;/q;-1;+1. The number of aliphatic imine (C=N–C) groups is 2. The van der Waals surface area contributed by atoms with E-state index in [1.54, 1.807) is 0 Å². The van der Waals surface area contributed by atoms with Crippen LogP contribution in [0.15, 0.2) is 110 Å². The molecule has 0 unspecified atom stereocenters. The van der Waals surface area contributed by atoms with Crippen LogP contribution in [0.2, 0.25) is 4.78 Å². The molecule has 0 N–H and O–H groups in total. The molecule has 0 radical (unpaired) electrons. The number of para-hydroxylation sites is 2. The number of rotatable bonds is 13. The maximum Gasteiger partial charge on any atom is 0.494 e. The fourth-order valence-electron chi connectivity index (χ4n) is 9.55. The van der Waals surface area contributed by atoms with Gasteiger partial charge in [0.15, 0.2) is 0 Å². The Balaban J connectivity index is 1.55. The third kappa shape index (κ3) is 9.62. The van der Waals surface area contributed by atoms with Gasteiger partial charge in [0.1, 0.15) is 5.69 Å². The van der Waals surface area contributed by atoms with Crippen molar-refractivity contribution in [1.82, 2.24) is 3.99 Å². The van der Waals surface area contributed by atoms with Crippen molar-refractivity contribution in [2.24, 2.45) is 20.3 Å². The Kier molecular flexibility index (Phi) is 14.2. The lowest BCUT2D eigenvalue weighted by molar-refractivity contribution is 0.556. The molecule has 6 rings (SSSR count). The van der Waals surface area contributed by atoms with Crippen LogP contribution in [0.25, 0.3) is 22.3 Å². The van der Waals surface area contributed by atoms with Gasteiger partial charge in [0, 0.05) is 27.3 Å². The second kappa shape index (κ2) is 19.0. The summed E-state index contributed by atoms with van der Waals surface area (Å²) < 4.78 is 2.14. The SMILES string of the molecule is CC(=Nc1c(C(C)C)cccc1C(C)C)[CH](C(C)=Nc1c(C(C)C)cccc1C(C)C)[Al]1[CH]=C[N]1N=Nc1c(-c2c(C)cc(C)cc2C)cccc1-c1c(C)cc(C)cc1C. The Morgan fingerprint density at radius 2 is 0.836 bits per heavy atom. The second-order valence-corrected chi connectivity index (χ2v) is 21.4. The largest absolute Gasteiger partial charge is 0.494 e. The molecule has 0 atom stereocenters. The Labute approximate surface area is 372 Å². The van der Waals surface area contributed by atoms with Crippen molar-refractivity contribution in [2.45, 2.75) is 139 Å². The zero-order valence-electron chi connectivity index (χ0n) is 39.9. The fourth-order valence-corrected chi connectivity index (χ4v) is 11.9. The first-order valence-corrected chi connectivity index (χ1v) is 24.3. The Hall–Kier alpha value is -4.89. The first-order valence-electron chi connectivity index (χ1n) is 22.4. The highest BCUT2D eigenvalue weighted by atomic mass is 27.2. The van der Waals surface area contributed by atoms with Crippen molar-refractivity contribution in [2.75, 3.05) is 0 Å². The van der Waals surface area contributed by atoms with Crippen molar-refractivity contribution in [3.05, 3.63) is 146 Å². The van der Waals surface area contributed by atoms with Crippen LogP contribution in [0.3, 0.4) is 0 Å². The highest BCUT2D eigenvalue weighted by Crippen LogP contribution is 2.45. The summed E-state index contributed by atoms with van der Waals surface area (Å²) in [7, 11) is 0. The number of benzene rings is 5. The highest BCUT2D eigenvalue weighted by Gasteiger charge is 2.43. The summed E-state index contributed by atoms with van der Waals surface area (Å²) in [4.78, 5) is 13.6. The molecular weight excluding hydrogens is 758 g/mol. The lowest BCUT2D eigenvalue weighted by atomic mass is 9.87. The van der Waals surface area contributed by atoms with Crippen LogP contribution in [-0.4, -0.2) is 29.8 Å². The molecule has 61 heavy (non-hydrogen) atoms. The van der Waals surface area contributed by atoms with Crippen molar-refractivity contribution < 1.29 is 0 Å². The summed E-state index contributed by atoms with van der Waals surface area (Å²) in [5, 5.41) is 10.5. The lowest BCUT2D eigenvalue weighted by Crippen LogP contribution is -2.45. The molecule has 0 spiro atoms. The topological polar surface area (TPSA) is 52.7 Å². The van der Waals surface area contributed by atoms with Crippen LogP contribution in [0.1, 0.15) is 149 Å². The minimum absolute atomic E-state index is 0.0256. The molecule has 1 heterocycles. The van der Waals surface area contributed by atoms with Gasteiger partial charge in [-0.05, 0) is 141 Å². The summed E-state index contributed by atoms with van der Waals surface area (Å²) >= 11 is -2.03. The van der Waals surface area contributed by atoms with Gasteiger partial charge >= 0.3 is 14.4 Å². The van der Waals surface area contributed by atoms with E-state index < -0.39 is 14.4 Å². The summed E-state index contributed by atoms with van der Waals surface area (Å²) in [5.74, 6) is 1.36. The maximum absolute atomic E-state index is 5.63. The predicted molar refractivity (Wildman–Crippen MR) is 266 cm³/mol. The normalized spacial score (nSPS) is 14.1. The molecule has 0 aliphatic carbocycles. The molecular formula is C55H68AlN5. The molecule has 0 saturated heterocycles. The van der Waals surface area contributed by atoms with E-state index in [0.717, 1.165) is 39.6 Å². The van der Waals surface area contributed by atoms with Crippen LogP contribution in [-0.2, 0) is 0 Å². The van der Waals surface area contributed by atoms with E-state index in [1.165, 1.54) is 66.8 Å². The molecule has 1 aliphatic rings. The summed E-state index contributed by atoms with van der Waals surface area (Å²) in [5.41, 5.74) is 22.5. The van der Waals surface area contributed by atoms with Crippen molar-refractivity contribution >= 4 is 42.9 Å². The molecule has 5 nitrogen and oxygen atoms in total. The van der Waals surface area contributed by atoms with E-state index in [4.69, 9.17) is 20.3 Å². The van der Waals surface area contributed by atoms with Crippen molar-refractivity contribution in [3.8, 4) is 22.3 Å². The molecule has 5 aromatic carbocycles. The Morgan fingerprint density at radius 1 is 0.492 bits per heavy atom.